The Morgan fingerprint density at radius 2 is 2.07 bits per heavy atom. The van der Waals surface area contributed by atoms with Crippen LogP contribution in [0.4, 0.5) is 10.5 Å². The van der Waals surface area contributed by atoms with E-state index in [1.54, 1.807) is 17.4 Å². The number of amides is 2. The van der Waals surface area contributed by atoms with Crippen LogP contribution in [0.3, 0.4) is 0 Å². The molecule has 2 N–H and O–H groups in total. The van der Waals surface area contributed by atoms with E-state index in [9.17, 15) is 14.9 Å². The molecule has 1 saturated carbocycles. The lowest BCUT2D eigenvalue weighted by molar-refractivity contribution is -0.384. The maximum absolute atomic E-state index is 12.3. The fourth-order valence-corrected chi connectivity index (χ4v) is 5.22. The number of nitrogens with zero attached hydrogens (tertiary/aromatic N) is 2. The number of urea groups is 1. The fraction of sp³-hybridized carbons (Fsp3) is 0.429. The van der Waals surface area contributed by atoms with Gasteiger partial charge in [0.15, 0.2) is 0 Å². The summed E-state index contributed by atoms with van der Waals surface area (Å²) in [4.78, 5) is 28.0. The molecule has 7 nitrogen and oxygen atoms in total. The fourth-order valence-electron chi connectivity index (χ4n) is 4.21. The molecular formula is C21H24N4O3S. The molecule has 1 atom stereocenters. The summed E-state index contributed by atoms with van der Waals surface area (Å²) in [6, 6.07) is 5.68. The van der Waals surface area contributed by atoms with Gasteiger partial charge in [0.25, 0.3) is 5.69 Å². The first-order chi connectivity index (χ1) is 14.1. The van der Waals surface area contributed by atoms with E-state index in [1.807, 2.05) is 13.0 Å². The van der Waals surface area contributed by atoms with E-state index in [0.717, 1.165) is 22.0 Å². The average molecular weight is 413 g/mol. The van der Waals surface area contributed by atoms with Crippen LogP contribution in [0.1, 0.15) is 73.7 Å². The van der Waals surface area contributed by atoms with Gasteiger partial charge >= 0.3 is 6.03 Å². The van der Waals surface area contributed by atoms with Gasteiger partial charge in [0.05, 0.1) is 16.7 Å². The van der Waals surface area contributed by atoms with E-state index in [-0.39, 0.29) is 11.7 Å². The van der Waals surface area contributed by atoms with Crippen LogP contribution in [0, 0.1) is 10.1 Å². The van der Waals surface area contributed by atoms with Crippen LogP contribution in [0.15, 0.2) is 35.3 Å². The Kier molecular flexibility index (Phi) is 5.62. The van der Waals surface area contributed by atoms with Crippen LogP contribution in [-0.4, -0.2) is 15.9 Å². The van der Waals surface area contributed by atoms with E-state index < -0.39 is 11.0 Å². The number of carbonyl (C=O) groups excluding carboxylic acids is 1. The first-order valence-corrected chi connectivity index (χ1v) is 11.0. The third-order valence-electron chi connectivity index (χ3n) is 5.70. The Hall–Kier alpha value is -2.74. The monoisotopic (exact) mass is 412 g/mol. The Balaban J connectivity index is 1.75. The zero-order chi connectivity index (χ0) is 20.4. The van der Waals surface area contributed by atoms with Crippen LogP contribution in [-0.2, 0) is 0 Å². The maximum atomic E-state index is 12.3. The number of carbonyl (C=O) groups is 1. The predicted octanol–water partition coefficient (Wildman–Crippen LogP) is 5.27. The van der Waals surface area contributed by atoms with Gasteiger partial charge in [-0.1, -0.05) is 38.3 Å². The summed E-state index contributed by atoms with van der Waals surface area (Å²) < 4.78 is 0. The Labute approximate surface area is 173 Å². The number of aromatic nitrogens is 1. The van der Waals surface area contributed by atoms with Gasteiger partial charge in [-0.2, -0.15) is 0 Å². The lowest BCUT2D eigenvalue weighted by Crippen LogP contribution is -2.43. The minimum atomic E-state index is -0.469. The number of rotatable bonds is 5. The number of nitro groups is 1. The summed E-state index contributed by atoms with van der Waals surface area (Å²) in [7, 11) is 0. The number of hydrogen-bond acceptors (Lipinski definition) is 5. The average Bonchev–Trinajstić information content (AvgIpc) is 3.23. The number of benzene rings is 1. The largest absolute Gasteiger partial charge is 0.327 e. The number of nitrogens with one attached hydrogen (secondary N) is 2. The lowest BCUT2D eigenvalue weighted by atomic mass is 9.87. The highest BCUT2D eigenvalue weighted by atomic mass is 32.1. The van der Waals surface area contributed by atoms with Gasteiger partial charge in [0.1, 0.15) is 5.01 Å². The molecular weight excluding hydrogens is 388 g/mol. The Morgan fingerprint density at radius 1 is 1.28 bits per heavy atom. The lowest BCUT2D eigenvalue weighted by Gasteiger charge is -2.29. The molecule has 2 aliphatic rings. The minimum absolute atomic E-state index is 0.00899. The van der Waals surface area contributed by atoms with E-state index in [0.29, 0.717) is 17.9 Å². The highest BCUT2D eigenvalue weighted by Crippen LogP contribution is 2.40. The summed E-state index contributed by atoms with van der Waals surface area (Å²) >= 11 is 1.58. The third-order valence-corrected chi connectivity index (χ3v) is 6.59. The Morgan fingerprint density at radius 3 is 2.79 bits per heavy atom. The molecule has 2 aromatic rings. The van der Waals surface area contributed by atoms with Gasteiger partial charge in [0, 0.05) is 34.7 Å². The molecule has 1 aliphatic carbocycles. The zero-order valence-corrected chi connectivity index (χ0v) is 17.1. The van der Waals surface area contributed by atoms with Crippen molar-refractivity contribution in [1.82, 2.24) is 15.6 Å². The second-order valence-corrected chi connectivity index (χ2v) is 8.40. The first kappa shape index (κ1) is 19.6. The SMILES string of the molecule is CCC1=C(c2nc(C3CCCCC3)cs2)C(c2cccc([N+](=O)[O-])c2)NC(=O)N1. The highest BCUT2D eigenvalue weighted by molar-refractivity contribution is 7.10. The third kappa shape index (κ3) is 4.03. The van der Waals surface area contributed by atoms with Gasteiger partial charge < -0.3 is 10.6 Å². The van der Waals surface area contributed by atoms with Crippen molar-refractivity contribution in [2.45, 2.75) is 57.4 Å². The van der Waals surface area contributed by atoms with Crippen LogP contribution < -0.4 is 10.6 Å². The van der Waals surface area contributed by atoms with Crippen molar-refractivity contribution in [1.29, 1.82) is 0 Å². The number of nitro benzene ring substituents is 1. The number of non-ortho nitro benzene ring substituents is 1. The van der Waals surface area contributed by atoms with Crippen molar-refractivity contribution in [2.75, 3.05) is 0 Å². The van der Waals surface area contributed by atoms with Crippen molar-refractivity contribution in [2.24, 2.45) is 0 Å². The Bertz CT molecular complexity index is 962. The highest BCUT2D eigenvalue weighted by Gasteiger charge is 2.31. The number of hydrogen-bond donors (Lipinski definition) is 2. The van der Waals surface area contributed by atoms with Gasteiger partial charge in [-0.05, 0) is 24.8 Å². The molecule has 29 heavy (non-hydrogen) atoms. The molecule has 1 aromatic heterocycles. The molecule has 2 amide bonds. The van der Waals surface area contributed by atoms with Crippen LogP contribution >= 0.6 is 11.3 Å². The van der Waals surface area contributed by atoms with E-state index in [1.165, 1.54) is 44.2 Å². The van der Waals surface area contributed by atoms with Gasteiger partial charge in [-0.25, -0.2) is 9.78 Å². The molecule has 1 aliphatic heterocycles. The number of allylic oxidation sites excluding steroid dienone is 1. The summed E-state index contributed by atoms with van der Waals surface area (Å²) in [5.74, 6) is 0.502. The molecule has 0 radical (unpaired) electrons. The summed E-state index contributed by atoms with van der Waals surface area (Å²) in [5, 5.41) is 20.1. The van der Waals surface area contributed by atoms with Crippen LogP contribution in [0.25, 0.3) is 5.57 Å². The van der Waals surface area contributed by atoms with Crippen molar-refractivity contribution in [3.8, 4) is 0 Å². The van der Waals surface area contributed by atoms with E-state index >= 15 is 0 Å². The second kappa shape index (κ2) is 8.32. The zero-order valence-electron chi connectivity index (χ0n) is 16.3. The normalized spacial score (nSPS) is 20.3. The molecule has 2 heterocycles. The standard InChI is InChI=1S/C21H24N4O3S/c1-2-16-18(20-22-17(12-29-20)13-7-4-3-5-8-13)19(24-21(26)23-16)14-9-6-10-15(11-14)25(27)28/h6,9-13,19H,2-5,7-8H2,1H3,(H2,23,24,26). The minimum Gasteiger partial charge on any atom is -0.327 e. The van der Waals surface area contributed by atoms with Crippen molar-refractivity contribution >= 4 is 28.6 Å². The van der Waals surface area contributed by atoms with E-state index in [2.05, 4.69) is 16.0 Å². The van der Waals surface area contributed by atoms with Crippen molar-refractivity contribution < 1.29 is 9.72 Å². The molecule has 0 saturated heterocycles. The first-order valence-electron chi connectivity index (χ1n) is 10.1. The molecule has 1 unspecified atom stereocenters. The van der Waals surface area contributed by atoms with Gasteiger partial charge in [0.2, 0.25) is 0 Å². The van der Waals surface area contributed by atoms with E-state index in [4.69, 9.17) is 4.98 Å². The van der Waals surface area contributed by atoms with Crippen molar-refractivity contribution in [3.05, 3.63) is 61.7 Å². The van der Waals surface area contributed by atoms with Gasteiger partial charge in [-0.3, -0.25) is 10.1 Å². The predicted molar refractivity (Wildman–Crippen MR) is 113 cm³/mol. The summed E-state index contributed by atoms with van der Waals surface area (Å²) in [6.07, 6.45) is 6.77. The molecule has 0 spiro atoms. The summed E-state index contributed by atoms with van der Waals surface area (Å²) in [6.45, 7) is 1.99. The summed E-state index contributed by atoms with van der Waals surface area (Å²) in [5.41, 5.74) is 3.54. The maximum Gasteiger partial charge on any atom is 0.319 e. The smallest absolute Gasteiger partial charge is 0.319 e. The van der Waals surface area contributed by atoms with Crippen LogP contribution in [0.5, 0.6) is 0 Å². The molecule has 1 fully saturated rings. The molecule has 0 bridgehead atoms. The molecule has 1 aromatic carbocycles. The molecule has 8 heteroatoms. The second-order valence-electron chi connectivity index (χ2n) is 7.54. The molecule has 152 valence electrons. The number of thiazole rings is 1. The van der Waals surface area contributed by atoms with Gasteiger partial charge in [-0.15, -0.1) is 11.3 Å². The molecule has 4 rings (SSSR count). The van der Waals surface area contributed by atoms with Crippen LogP contribution in [0.2, 0.25) is 0 Å². The quantitative estimate of drug-likeness (QED) is 0.516. The van der Waals surface area contributed by atoms with Crippen molar-refractivity contribution in [3.63, 3.8) is 0 Å². The topological polar surface area (TPSA) is 97.2 Å².